The minimum Gasteiger partial charge on any atom is -0.496 e. The van der Waals surface area contributed by atoms with Gasteiger partial charge in [0.2, 0.25) is 0 Å². The Balaban J connectivity index is 2.10. The second-order valence-corrected chi connectivity index (χ2v) is 6.04. The molecule has 2 N–H and O–H groups in total. The van der Waals surface area contributed by atoms with E-state index in [1.54, 1.807) is 7.11 Å². The smallest absolute Gasteiger partial charge is 0.128 e. The molecule has 0 aromatic carbocycles. The zero-order valence-electron chi connectivity index (χ0n) is 13.1. The first kappa shape index (κ1) is 15.3. The molecule has 0 saturated carbocycles. The van der Waals surface area contributed by atoms with Gasteiger partial charge < -0.3 is 10.5 Å². The molecular weight excluding hydrogens is 250 g/mol. The number of piperidine rings is 1. The van der Waals surface area contributed by atoms with E-state index in [1.165, 1.54) is 12.8 Å². The number of nitrogens with two attached hydrogens (primary N) is 1. The second-order valence-electron chi connectivity index (χ2n) is 6.04. The van der Waals surface area contributed by atoms with Crippen LogP contribution in [-0.2, 0) is 6.54 Å². The summed E-state index contributed by atoms with van der Waals surface area (Å²) in [5.41, 5.74) is 9.44. The van der Waals surface area contributed by atoms with Crippen LogP contribution in [0.1, 0.15) is 36.6 Å². The predicted molar refractivity (Wildman–Crippen MR) is 81.9 cm³/mol. The average molecular weight is 277 g/mol. The highest BCUT2D eigenvalue weighted by molar-refractivity contribution is 5.41. The molecule has 4 nitrogen and oxygen atoms in total. The van der Waals surface area contributed by atoms with Crippen LogP contribution >= 0.6 is 0 Å². The van der Waals surface area contributed by atoms with E-state index in [0.29, 0.717) is 5.92 Å². The molecule has 20 heavy (non-hydrogen) atoms. The van der Waals surface area contributed by atoms with E-state index in [1.807, 2.05) is 13.1 Å². The number of pyridine rings is 1. The van der Waals surface area contributed by atoms with Crippen molar-refractivity contribution in [3.63, 3.8) is 0 Å². The first-order valence-corrected chi connectivity index (χ1v) is 7.50. The standard InChI is InChI=1S/C16H27N3O/c1-11-8-18-15(12(2)16(11)20-4)10-19-7-5-6-14(9-19)13(3)17/h8,13-14H,5-7,9-10,17H2,1-4H3. The van der Waals surface area contributed by atoms with Gasteiger partial charge in [-0.25, -0.2) is 0 Å². The lowest BCUT2D eigenvalue weighted by atomic mass is 9.92. The van der Waals surface area contributed by atoms with Crippen LogP contribution in [0, 0.1) is 19.8 Å². The van der Waals surface area contributed by atoms with E-state index in [9.17, 15) is 0 Å². The Kier molecular flexibility index (Phi) is 5.00. The number of aromatic nitrogens is 1. The second kappa shape index (κ2) is 6.55. The Hall–Kier alpha value is -1.13. The third-order valence-corrected chi connectivity index (χ3v) is 4.41. The number of likely N-dealkylation sites (tertiary alicyclic amines) is 1. The third-order valence-electron chi connectivity index (χ3n) is 4.41. The van der Waals surface area contributed by atoms with Crippen LogP contribution in [0.25, 0.3) is 0 Å². The molecular formula is C16H27N3O. The minimum atomic E-state index is 0.277. The van der Waals surface area contributed by atoms with E-state index in [-0.39, 0.29) is 6.04 Å². The lowest BCUT2D eigenvalue weighted by molar-refractivity contribution is 0.152. The highest BCUT2D eigenvalue weighted by Gasteiger charge is 2.23. The molecule has 1 aliphatic rings. The molecule has 2 rings (SSSR count). The van der Waals surface area contributed by atoms with Crippen molar-refractivity contribution >= 4 is 0 Å². The fourth-order valence-electron chi connectivity index (χ4n) is 3.11. The molecule has 1 aromatic rings. The molecule has 4 heteroatoms. The molecule has 0 amide bonds. The van der Waals surface area contributed by atoms with Crippen molar-refractivity contribution in [1.29, 1.82) is 0 Å². The van der Waals surface area contributed by atoms with E-state index in [2.05, 4.69) is 23.7 Å². The van der Waals surface area contributed by atoms with Crippen LogP contribution in [0.4, 0.5) is 0 Å². The fourth-order valence-corrected chi connectivity index (χ4v) is 3.11. The Morgan fingerprint density at radius 1 is 1.50 bits per heavy atom. The Morgan fingerprint density at radius 2 is 2.25 bits per heavy atom. The maximum atomic E-state index is 6.06. The topological polar surface area (TPSA) is 51.4 Å². The van der Waals surface area contributed by atoms with Gasteiger partial charge in [0, 0.05) is 36.5 Å². The number of hydrogen-bond donors (Lipinski definition) is 1. The van der Waals surface area contributed by atoms with Gasteiger partial charge in [-0.2, -0.15) is 0 Å². The maximum absolute atomic E-state index is 6.06. The number of rotatable bonds is 4. The molecule has 1 saturated heterocycles. The maximum Gasteiger partial charge on any atom is 0.128 e. The lowest BCUT2D eigenvalue weighted by Crippen LogP contribution is -2.42. The Morgan fingerprint density at radius 3 is 2.90 bits per heavy atom. The zero-order chi connectivity index (χ0) is 14.7. The summed E-state index contributed by atoms with van der Waals surface area (Å²) < 4.78 is 5.49. The Bertz CT molecular complexity index is 459. The van der Waals surface area contributed by atoms with Gasteiger partial charge in [-0.15, -0.1) is 0 Å². The number of hydrogen-bond acceptors (Lipinski definition) is 4. The molecule has 2 unspecified atom stereocenters. The van der Waals surface area contributed by atoms with Crippen molar-refractivity contribution in [3.05, 3.63) is 23.0 Å². The van der Waals surface area contributed by atoms with Crippen molar-refractivity contribution in [2.75, 3.05) is 20.2 Å². The summed E-state index contributed by atoms with van der Waals surface area (Å²) in [7, 11) is 1.73. The van der Waals surface area contributed by atoms with Gasteiger partial charge in [0.05, 0.1) is 12.8 Å². The monoisotopic (exact) mass is 277 g/mol. The summed E-state index contributed by atoms with van der Waals surface area (Å²) >= 11 is 0. The number of methoxy groups -OCH3 is 1. The van der Waals surface area contributed by atoms with E-state index >= 15 is 0 Å². The van der Waals surface area contributed by atoms with Crippen LogP contribution in [0.15, 0.2) is 6.20 Å². The Labute approximate surface area is 122 Å². The first-order valence-electron chi connectivity index (χ1n) is 7.50. The number of nitrogens with zero attached hydrogens (tertiary/aromatic N) is 2. The van der Waals surface area contributed by atoms with Crippen LogP contribution in [-0.4, -0.2) is 36.1 Å². The summed E-state index contributed by atoms with van der Waals surface area (Å²) in [6, 6.07) is 0.277. The third kappa shape index (κ3) is 3.30. The van der Waals surface area contributed by atoms with Crippen LogP contribution in [0.2, 0.25) is 0 Å². The molecule has 2 heterocycles. The van der Waals surface area contributed by atoms with Crippen molar-refractivity contribution in [2.24, 2.45) is 11.7 Å². The SMILES string of the molecule is COc1c(C)cnc(CN2CCCC(C(C)N)C2)c1C. The molecule has 0 aliphatic carbocycles. The first-order chi connectivity index (χ1) is 9.52. The van der Waals surface area contributed by atoms with E-state index < -0.39 is 0 Å². The number of ether oxygens (including phenoxy) is 1. The molecule has 1 aliphatic heterocycles. The molecule has 0 spiro atoms. The van der Waals surface area contributed by atoms with Crippen molar-refractivity contribution in [2.45, 2.75) is 46.2 Å². The summed E-state index contributed by atoms with van der Waals surface area (Å²) in [6.45, 7) is 9.37. The van der Waals surface area contributed by atoms with E-state index in [4.69, 9.17) is 10.5 Å². The lowest BCUT2D eigenvalue weighted by Gasteiger charge is -2.34. The van der Waals surface area contributed by atoms with Gasteiger partial charge in [0.25, 0.3) is 0 Å². The van der Waals surface area contributed by atoms with Crippen LogP contribution in [0.5, 0.6) is 5.75 Å². The largest absolute Gasteiger partial charge is 0.496 e. The molecule has 0 radical (unpaired) electrons. The highest BCUT2D eigenvalue weighted by atomic mass is 16.5. The average Bonchev–Trinajstić information content (AvgIpc) is 2.43. The molecule has 1 aromatic heterocycles. The molecule has 1 fully saturated rings. The number of aryl methyl sites for hydroxylation is 1. The normalized spacial score (nSPS) is 21.8. The van der Waals surface area contributed by atoms with Gasteiger partial charge in [-0.05, 0) is 46.1 Å². The predicted octanol–water partition coefficient (Wildman–Crippen LogP) is 2.27. The molecule has 0 bridgehead atoms. The summed E-state index contributed by atoms with van der Waals surface area (Å²) in [5.74, 6) is 1.58. The van der Waals surface area contributed by atoms with Crippen molar-refractivity contribution in [1.82, 2.24) is 9.88 Å². The van der Waals surface area contributed by atoms with E-state index in [0.717, 1.165) is 42.2 Å². The van der Waals surface area contributed by atoms with Gasteiger partial charge >= 0.3 is 0 Å². The minimum absolute atomic E-state index is 0.277. The van der Waals surface area contributed by atoms with Gasteiger partial charge in [-0.1, -0.05) is 0 Å². The quantitative estimate of drug-likeness (QED) is 0.917. The van der Waals surface area contributed by atoms with Crippen LogP contribution in [0.3, 0.4) is 0 Å². The molecule has 2 atom stereocenters. The van der Waals surface area contributed by atoms with Gasteiger partial charge in [0.1, 0.15) is 5.75 Å². The van der Waals surface area contributed by atoms with Crippen LogP contribution < -0.4 is 10.5 Å². The summed E-state index contributed by atoms with van der Waals surface area (Å²) in [4.78, 5) is 7.07. The van der Waals surface area contributed by atoms with Gasteiger partial charge in [-0.3, -0.25) is 9.88 Å². The fraction of sp³-hybridized carbons (Fsp3) is 0.688. The summed E-state index contributed by atoms with van der Waals surface area (Å²) in [6.07, 6.45) is 4.39. The van der Waals surface area contributed by atoms with Gasteiger partial charge in [0.15, 0.2) is 0 Å². The summed E-state index contributed by atoms with van der Waals surface area (Å²) in [5, 5.41) is 0. The zero-order valence-corrected chi connectivity index (χ0v) is 13.1. The highest BCUT2D eigenvalue weighted by Crippen LogP contribution is 2.26. The van der Waals surface area contributed by atoms with Crippen molar-refractivity contribution < 1.29 is 4.74 Å². The van der Waals surface area contributed by atoms with Crippen molar-refractivity contribution in [3.8, 4) is 5.75 Å². The molecule has 112 valence electrons.